The summed E-state index contributed by atoms with van der Waals surface area (Å²) < 4.78 is 7.23. The van der Waals surface area contributed by atoms with Crippen LogP contribution in [-0.4, -0.2) is 30.0 Å². The number of methoxy groups -OCH3 is 1. The van der Waals surface area contributed by atoms with Crippen LogP contribution in [0, 0.1) is 0 Å². The van der Waals surface area contributed by atoms with Gasteiger partial charge in [-0.3, -0.25) is 9.59 Å². The van der Waals surface area contributed by atoms with Gasteiger partial charge in [-0.05, 0) is 43.3 Å². The van der Waals surface area contributed by atoms with Gasteiger partial charge < -0.3 is 19.9 Å². The van der Waals surface area contributed by atoms with Crippen molar-refractivity contribution in [1.29, 1.82) is 0 Å². The van der Waals surface area contributed by atoms with Crippen molar-refractivity contribution in [3.8, 4) is 11.4 Å². The van der Waals surface area contributed by atoms with E-state index in [0.717, 1.165) is 0 Å². The average molecular weight is 398 g/mol. The average Bonchev–Trinajstić information content (AvgIpc) is 3.22. The summed E-state index contributed by atoms with van der Waals surface area (Å²) in [5.74, 6) is -0.188. The quantitative estimate of drug-likeness (QED) is 0.656. The number of nitrogens with zero attached hydrogens (tertiary/aromatic N) is 1. The van der Waals surface area contributed by atoms with E-state index in [1.165, 1.54) is 7.11 Å². The second kappa shape index (κ2) is 8.63. The van der Waals surface area contributed by atoms with Crippen molar-refractivity contribution >= 4 is 29.1 Å². The van der Waals surface area contributed by atoms with E-state index in [1.54, 1.807) is 36.4 Å². The number of anilines is 1. The van der Waals surface area contributed by atoms with E-state index >= 15 is 0 Å². The lowest BCUT2D eigenvalue weighted by atomic mass is 10.1. The monoisotopic (exact) mass is 397 g/mol. The van der Waals surface area contributed by atoms with Gasteiger partial charge in [-0.2, -0.15) is 0 Å². The number of carbonyl (C=O) groups is 2. The van der Waals surface area contributed by atoms with Crippen LogP contribution in [-0.2, 0) is 0 Å². The molecule has 0 atom stereocenters. The van der Waals surface area contributed by atoms with Crippen molar-refractivity contribution in [3.05, 3.63) is 77.1 Å². The predicted octanol–water partition coefficient (Wildman–Crippen LogP) is 4.14. The van der Waals surface area contributed by atoms with Gasteiger partial charge in [0.1, 0.15) is 5.75 Å². The Bertz CT molecular complexity index is 1000. The van der Waals surface area contributed by atoms with E-state index in [0.29, 0.717) is 39.8 Å². The number of nitrogens with one attached hydrogen (secondary N) is 2. The number of amides is 2. The van der Waals surface area contributed by atoms with Gasteiger partial charge in [0.15, 0.2) is 0 Å². The molecule has 0 saturated heterocycles. The first-order valence-corrected chi connectivity index (χ1v) is 9.11. The molecule has 1 heterocycles. The molecule has 0 aliphatic heterocycles. The Morgan fingerprint density at radius 2 is 1.82 bits per heavy atom. The second-order valence-corrected chi connectivity index (χ2v) is 6.40. The van der Waals surface area contributed by atoms with E-state index < -0.39 is 0 Å². The van der Waals surface area contributed by atoms with Gasteiger partial charge in [0.05, 0.1) is 23.4 Å². The Kier molecular flexibility index (Phi) is 6.01. The number of hydrogen-bond donors (Lipinski definition) is 2. The van der Waals surface area contributed by atoms with Crippen LogP contribution >= 0.6 is 11.6 Å². The highest BCUT2D eigenvalue weighted by molar-refractivity contribution is 6.33. The minimum absolute atomic E-state index is 0.199. The van der Waals surface area contributed by atoms with Crippen molar-refractivity contribution in [3.63, 3.8) is 0 Å². The molecule has 6 nitrogen and oxygen atoms in total. The fourth-order valence-corrected chi connectivity index (χ4v) is 3.04. The van der Waals surface area contributed by atoms with E-state index in [4.69, 9.17) is 16.3 Å². The first-order chi connectivity index (χ1) is 13.5. The number of ether oxygens (including phenoxy) is 1. The van der Waals surface area contributed by atoms with Crippen LogP contribution < -0.4 is 15.4 Å². The number of halogens is 1. The third-order valence-corrected chi connectivity index (χ3v) is 4.42. The third-order valence-electron chi connectivity index (χ3n) is 4.12. The topological polar surface area (TPSA) is 72.4 Å². The maximum Gasteiger partial charge on any atom is 0.259 e. The van der Waals surface area contributed by atoms with Gasteiger partial charge in [-0.25, -0.2) is 0 Å². The Hall–Kier alpha value is -3.25. The number of aromatic nitrogens is 1. The standard InChI is InChI=1S/C21H20ClN3O3/c1-3-23-20(26)14-7-6-8-15(11-14)24-21(27)16-12-17(22)18(13-19(16)28-2)25-9-4-5-10-25/h4-13H,3H2,1-2H3,(H,23,26)(H,24,27). The molecule has 0 spiro atoms. The minimum atomic E-state index is -0.383. The van der Waals surface area contributed by atoms with E-state index in [2.05, 4.69) is 10.6 Å². The lowest BCUT2D eigenvalue weighted by Gasteiger charge is -2.14. The molecular weight excluding hydrogens is 378 g/mol. The van der Waals surface area contributed by atoms with Crippen molar-refractivity contribution < 1.29 is 14.3 Å². The van der Waals surface area contributed by atoms with Gasteiger partial charge in [0.25, 0.3) is 11.8 Å². The fraction of sp³-hybridized carbons (Fsp3) is 0.143. The number of benzene rings is 2. The molecule has 2 amide bonds. The van der Waals surface area contributed by atoms with Gasteiger partial charge in [0.2, 0.25) is 0 Å². The Balaban J connectivity index is 1.88. The minimum Gasteiger partial charge on any atom is -0.496 e. The van der Waals surface area contributed by atoms with Gasteiger partial charge in [-0.15, -0.1) is 0 Å². The summed E-state index contributed by atoms with van der Waals surface area (Å²) in [6.07, 6.45) is 3.71. The predicted molar refractivity (Wildman–Crippen MR) is 110 cm³/mol. The Morgan fingerprint density at radius 1 is 1.07 bits per heavy atom. The molecule has 0 radical (unpaired) electrons. The van der Waals surface area contributed by atoms with Crippen LogP contribution in [0.3, 0.4) is 0 Å². The SMILES string of the molecule is CCNC(=O)c1cccc(NC(=O)c2cc(Cl)c(-n3cccc3)cc2OC)c1. The number of rotatable bonds is 6. The van der Waals surface area contributed by atoms with Crippen molar-refractivity contribution in [2.45, 2.75) is 6.92 Å². The maximum atomic E-state index is 12.8. The summed E-state index contributed by atoms with van der Waals surface area (Å²) in [5.41, 5.74) is 1.97. The molecule has 0 aliphatic rings. The first-order valence-electron chi connectivity index (χ1n) is 8.74. The van der Waals surface area contributed by atoms with Crippen LogP contribution in [0.5, 0.6) is 5.75 Å². The molecule has 2 aromatic carbocycles. The normalized spacial score (nSPS) is 10.4. The zero-order valence-electron chi connectivity index (χ0n) is 15.5. The number of carbonyl (C=O) groups excluding carboxylic acids is 2. The summed E-state index contributed by atoms with van der Waals surface area (Å²) in [7, 11) is 1.50. The molecule has 0 saturated carbocycles. The molecule has 0 bridgehead atoms. The Morgan fingerprint density at radius 3 is 2.50 bits per heavy atom. The number of hydrogen-bond acceptors (Lipinski definition) is 3. The van der Waals surface area contributed by atoms with Crippen LogP contribution in [0.1, 0.15) is 27.6 Å². The molecule has 2 N–H and O–H groups in total. The summed E-state index contributed by atoms with van der Waals surface area (Å²) in [6, 6.07) is 13.8. The smallest absolute Gasteiger partial charge is 0.259 e. The van der Waals surface area contributed by atoms with Crippen molar-refractivity contribution in [1.82, 2.24) is 9.88 Å². The molecule has 144 valence electrons. The third kappa shape index (κ3) is 4.18. The molecule has 3 aromatic rings. The molecule has 3 rings (SSSR count). The van der Waals surface area contributed by atoms with Crippen LogP contribution in [0.4, 0.5) is 5.69 Å². The largest absolute Gasteiger partial charge is 0.496 e. The van der Waals surface area contributed by atoms with Crippen molar-refractivity contribution in [2.75, 3.05) is 19.0 Å². The fourth-order valence-electron chi connectivity index (χ4n) is 2.78. The first kappa shape index (κ1) is 19.5. The second-order valence-electron chi connectivity index (χ2n) is 5.99. The van der Waals surface area contributed by atoms with Gasteiger partial charge >= 0.3 is 0 Å². The zero-order chi connectivity index (χ0) is 20.1. The molecule has 0 unspecified atom stereocenters. The maximum absolute atomic E-state index is 12.8. The lowest BCUT2D eigenvalue weighted by molar-refractivity contribution is 0.0954. The summed E-state index contributed by atoms with van der Waals surface area (Å²) >= 11 is 6.39. The molecular formula is C21H20ClN3O3. The highest BCUT2D eigenvalue weighted by Gasteiger charge is 2.17. The van der Waals surface area contributed by atoms with E-state index in [-0.39, 0.29) is 11.8 Å². The van der Waals surface area contributed by atoms with Crippen LogP contribution in [0.2, 0.25) is 5.02 Å². The molecule has 1 aromatic heterocycles. The molecule has 7 heteroatoms. The molecule has 0 aliphatic carbocycles. The van der Waals surface area contributed by atoms with Crippen molar-refractivity contribution in [2.24, 2.45) is 0 Å². The van der Waals surface area contributed by atoms with Crippen LogP contribution in [0.15, 0.2) is 60.9 Å². The highest BCUT2D eigenvalue weighted by atomic mass is 35.5. The molecule has 28 heavy (non-hydrogen) atoms. The van der Waals surface area contributed by atoms with Crippen LogP contribution in [0.25, 0.3) is 5.69 Å². The van der Waals surface area contributed by atoms with Gasteiger partial charge in [0, 0.05) is 36.3 Å². The lowest BCUT2D eigenvalue weighted by Crippen LogP contribution is -2.22. The summed E-state index contributed by atoms with van der Waals surface area (Å²) in [6.45, 7) is 2.37. The summed E-state index contributed by atoms with van der Waals surface area (Å²) in [4.78, 5) is 24.8. The van der Waals surface area contributed by atoms with E-state index in [1.807, 2.05) is 36.0 Å². The summed E-state index contributed by atoms with van der Waals surface area (Å²) in [5, 5.41) is 5.93. The Labute approximate surface area is 168 Å². The zero-order valence-corrected chi connectivity index (χ0v) is 16.3. The molecule has 0 fully saturated rings. The van der Waals surface area contributed by atoms with Gasteiger partial charge in [-0.1, -0.05) is 17.7 Å². The van der Waals surface area contributed by atoms with E-state index in [9.17, 15) is 9.59 Å². The highest BCUT2D eigenvalue weighted by Crippen LogP contribution is 2.30.